The van der Waals surface area contributed by atoms with Crippen LogP contribution in [0.15, 0.2) is 24.3 Å². The van der Waals surface area contributed by atoms with Crippen LogP contribution in [0.1, 0.15) is 31.7 Å². The Labute approximate surface area is 136 Å². The zero-order chi connectivity index (χ0) is 16.8. The first-order valence-corrected chi connectivity index (χ1v) is 7.86. The summed E-state index contributed by atoms with van der Waals surface area (Å²) in [5.74, 6) is -0.219. The first-order valence-electron chi connectivity index (χ1n) is 7.86. The van der Waals surface area contributed by atoms with Gasteiger partial charge in [-0.15, -0.1) is 0 Å². The van der Waals surface area contributed by atoms with Crippen molar-refractivity contribution in [3.8, 4) is 5.75 Å². The number of aliphatic carboxylic acids is 1. The number of carboxylic acid groups (broad SMARTS) is 1. The van der Waals surface area contributed by atoms with Crippen molar-refractivity contribution in [2.75, 3.05) is 26.3 Å². The predicted molar refractivity (Wildman–Crippen MR) is 84.6 cm³/mol. The SMILES string of the molecule is CC[C@H](C)c1ccccc1OCC(=O)N1CCO[C@H](C(=O)O)C1. The molecule has 1 aliphatic heterocycles. The van der Waals surface area contributed by atoms with Gasteiger partial charge in [0, 0.05) is 6.54 Å². The van der Waals surface area contributed by atoms with Crippen LogP contribution in [0, 0.1) is 0 Å². The van der Waals surface area contributed by atoms with Crippen LogP contribution in [0.3, 0.4) is 0 Å². The molecule has 6 nitrogen and oxygen atoms in total. The maximum atomic E-state index is 12.2. The quantitative estimate of drug-likeness (QED) is 0.866. The normalized spacial score (nSPS) is 19.2. The Morgan fingerprint density at radius 1 is 1.43 bits per heavy atom. The van der Waals surface area contributed by atoms with Gasteiger partial charge in [0.1, 0.15) is 5.75 Å². The summed E-state index contributed by atoms with van der Waals surface area (Å²) in [6.45, 7) is 4.80. The topological polar surface area (TPSA) is 76.1 Å². The number of ether oxygens (including phenoxy) is 2. The van der Waals surface area contributed by atoms with E-state index >= 15 is 0 Å². The predicted octanol–water partition coefficient (Wildman–Crippen LogP) is 1.89. The molecule has 1 heterocycles. The van der Waals surface area contributed by atoms with Crippen LogP contribution >= 0.6 is 0 Å². The molecule has 1 amide bonds. The van der Waals surface area contributed by atoms with Crippen LogP contribution in [0.4, 0.5) is 0 Å². The van der Waals surface area contributed by atoms with Gasteiger partial charge in [-0.3, -0.25) is 4.79 Å². The molecule has 23 heavy (non-hydrogen) atoms. The Morgan fingerprint density at radius 2 is 2.17 bits per heavy atom. The molecule has 1 N–H and O–H groups in total. The molecule has 6 heteroatoms. The molecule has 0 aromatic heterocycles. The van der Waals surface area contributed by atoms with Crippen molar-refractivity contribution in [1.29, 1.82) is 0 Å². The summed E-state index contributed by atoms with van der Waals surface area (Å²) in [4.78, 5) is 24.7. The van der Waals surface area contributed by atoms with Gasteiger partial charge in [0.05, 0.1) is 13.2 Å². The third-order valence-corrected chi connectivity index (χ3v) is 4.11. The van der Waals surface area contributed by atoms with Crippen molar-refractivity contribution >= 4 is 11.9 Å². The molecular weight excluding hydrogens is 298 g/mol. The van der Waals surface area contributed by atoms with Crippen LogP contribution < -0.4 is 4.74 Å². The number of carbonyl (C=O) groups is 2. The number of rotatable bonds is 6. The van der Waals surface area contributed by atoms with Gasteiger partial charge in [0.25, 0.3) is 5.91 Å². The van der Waals surface area contributed by atoms with Crippen molar-refractivity contribution in [1.82, 2.24) is 4.90 Å². The van der Waals surface area contributed by atoms with Gasteiger partial charge < -0.3 is 19.5 Å². The average molecular weight is 321 g/mol. The van der Waals surface area contributed by atoms with Gasteiger partial charge in [-0.25, -0.2) is 4.79 Å². The second-order valence-corrected chi connectivity index (χ2v) is 5.67. The summed E-state index contributed by atoms with van der Waals surface area (Å²) in [5, 5.41) is 8.98. The van der Waals surface area contributed by atoms with Gasteiger partial charge in [-0.1, -0.05) is 32.0 Å². The summed E-state index contributed by atoms with van der Waals surface area (Å²) in [5.41, 5.74) is 1.08. The van der Waals surface area contributed by atoms with E-state index in [0.29, 0.717) is 18.2 Å². The minimum absolute atomic E-state index is 0.0601. The molecular formula is C17H23NO5. The molecule has 126 valence electrons. The standard InChI is InChI=1S/C17H23NO5/c1-3-12(2)13-6-4-5-7-14(13)23-11-16(19)18-8-9-22-15(10-18)17(20)21/h4-7,12,15H,3,8-11H2,1-2H3,(H,20,21)/t12-,15-/m0/s1. The highest BCUT2D eigenvalue weighted by atomic mass is 16.5. The van der Waals surface area contributed by atoms with E-state index in [9.17, 15) is 9.59 Å². The summed E-state index contributed by atoms with van der Waals surface area (Å²) in [6.07, 6.45) is 0.0260. The first-order chi connectivity index (χ1) is 11.0. The van der Waals surface area contributed by atoms with Crippen molar-refractivity contribution in [2.24, 2.45) is 0 Å². The molecule has 0 spiro atoms. The molecule has 1 aromatic carbocycles. The maximum absolute atomic E-state index is 12.2. The van der Waals surface area contributed by atoms with Crippen molar-refractivity contribution in [3.05, 3.63) is 29.8 Å². The Morgan fingerprint density at radius 3 is 2.87 bits per heavy atom. The largest absolute Gasteiger partial charge is 0.483 e. The molecule has 0 aliphatic carbocycles. The molecule has 2 atom stereocenters. The van der Waals surface area contributed by atoms with E-state index in [2.05, 4.69) is 13.8 Å². The molecule has 1 saturated heterocycles. The first kappa shape index (κ1) is 17.3. The van der Waals surface area contributed by atoms with E-state index in [0.717, 1.165) is 12.0 Å². The molecule has 0 unspecified atom stereocenters. The number of amides is 1. The van der Waals surface area contributed by atoms with Crippen LogP contribution in [0.5, 0.6) is 5.75 Å². The fraction of sp³-hybridized carbons (Fsp3) is 0.529. The lowest BCUT2D eigenvalue weighted by Gasteiger charge is -2.30. The average Bonchev–Trinajstić information content (AvgIpc) is 2.59. The molecule has 0 bridgehead atoms. The Balaban J connectivity index is 1.96. The van der Waals surface area contributed by atoms with E-state index < -0.39 is 12.1 Å². The number of hydrogen-bond donors (Lipinski definition) is 1. The zero-order valence-corrected chi connectivity index (χ0v) is 13.5. The van der Waals surface area contributed by atoms with E-state index in [4.69, 9.17) is 14.6 Å². The monoisotopic (exact) mass is 321 g/mol. The lowest BCUT2D eigenvalue weighted by atomic mass is 9.98. The van der Waals surface area contributed by atoms with Gasteiger partial charge in [-0.2, -0.15) is 0 Å². The number of para-hydroxylation sites is 1. The van der Waals surface area contributed by atoms with Gasteiger partial charge in [0.15, 0.2) is 12.7 Å². The number of carboxylic acids is 1. The van der Waals surface area contributed by atoms with Gasteiger partial charge >= 0.3 is 5.97 Å². The van der Waals surface area contributed by atoms with Crippen LogP contribution in [-0.2, 0) is 14.3 Å². The van der Waals surface area contributed by atoms with E-state index in [1.165, 1.54) is 4.90 Å². The Hall–Kier alpha value is -2.08. The highest BCUT2D eigenvalue weighted by Crippen LogP contribution is 2.28. The maximum Gasteiger partial charge on any atom is 0.334 e. The molecule has 0 saturated carbocycles. The second kappa shape index (κ2) is 7.97. The van der Waals surface area contributed by atoms with Crippen molar-refractivity contribution in [3.63, 3.8) is 0 Å². The summed E-state index contributed by atoms with van der Waals surface area (Å²) >= 11 is 0. The fourth-order valence-corrected chi connectivity index (χ4v) is 2.49. The number of nitrogens with zero attached hydrogens (tertiary/aromatic N) is 1. The van der Waals surface area contributed by atoms with Crippen LogP contribution in [0.25, 0.3) is 0 Å². The zero-order valence-electron chi connectivity index (χ0n) is 13.5. The summed E-state index contributed by atoms with van der Waals surface area (Å²) in [6, 6.07) is 7.69. The molecule has 0 radical (unpaired) electrons. The van der Waals surface area contributed by atoms with E-state index in [-0.39, 0.29) is 25.7 Å². The Kier molecular flexibility index (Phi) is 5.98. The summed E-state index contributed by atoms with van der Waals surface area (Å²) in [7, 11) is 0. The molecule has 2 rings (SSSR count). The van der Waals surface area contributed by atoms with Crippen LogP contribution in [-0.4, -0.2) is 54.3 Å². The third-order valence-electron chi connectivity index (χ3n) is 4.11. The van der Waals surface area contributed by atoms with Crippen molar-refractivity contribution in [2.45, 2.75) is 32.3 Å². The Bertz CT molecular complexity index is 560. The fourth-order valence-electron chi connectivity index (χ4n) is 2.49. The van der Waals surface area contributed by atoms with Crippen molar-refractivity contribution < 1.29 is 24.2 Å². The molecule has 1 aromatic rings. The highest BCUT2D eigenvalue weighted by Gasteiger charge is 2.29. The number of benzene rings is 1. The lowest BCUT2D eigenvalue weighted by Crippen LogP contribution is -2.49. The number of hydrogen-bond acceptors (Lipinski definition) is 4. The number of morpholine rings is 1. The van der Waals surface area contributed by atoms with Gasteiger partial charge in [0.2, 0.25) is 0 Å². The summed E-state index contributed by atoms with van der Waals surface area (Å²) < 4.78 is 10.8. The third kappa shape index (κ3) is 4.45. The van der Waals surface area contributed by atoms with Gasteiger partial charge in [-0.05, 0) is 24.0 Å². The minimum atomic E-state index is -1.05. The van der Waals surface area contributed by atoms with Crippen LogP contribution in [0.2, 0.25) is 0 Å². The molecule has 1 aliphatic rings. The minimum Gasteiger partial charge on any atom is -0.483 e. The smallest absolute Gasteiger partial charge is 0.334 e. The molecule has 1 fully saturated rings. The lowest BCUT2D eigenvalue weighted by molar-refractivity contribution is -0.159. The van der Waals surface area contributed by atoms with E-state index in [1.807, 2.05) is 24.3 Å². The second-order valence-electron chi connectivity index (χ2n) is 5.67. The van der Waals surface area contributed by atoms with E-state index in [1.54, 1.807) is 0 Å². The highest BCUT2D eigenvalue weighted by molar-refractivity contribution is 5.79. The number of carbonyl (C=O) groups excluding carboxylic acids is 1.